The molecule has 15 heteroatoms. The van der Waals surface area contributed by atoms with E-state index in [0.717, 1.165) is 43.9 Å². The van der Waals surface area contributed by atoms with Crippen molar-refractivity contribution in [3.63, 3.8) is 0 Å². The number of hydrogen-bond donors (Lipinski definition) is 0. The van der Waals surface area contributed by atoms with Gasteiger partial charge in [-0.2, -0.15) is 18.2 Å². The number of amides is 1. The van der Waals surface area contributed by atoms with Crippen LogP contribution in [0.4, 0.5) is 26.3 Å². The highest BCUT2D eigenvalue weighted by Crippen LogP contribution is 2.42. The molecular formula is C30H29ClF6N4O4. The Morgan fingerprint density at radius 2 is 1.64 bits per heavy atom. The zero-order valence-corrected chi connectivity index (χ0v) is 24.8. The number of nitrogens with zero attached hydrogens (tertiary/aromatic N) is 4. The van der Waals surface area contributed by atoms with Crippen molar-refractivity contribution < 1.29 is 45.5 Å². The van der Waals surface area contributed by atoms with Crippen LogP contribution in [0.1, 0.15) is 28.5 Å². The molecule has 2 aliphatic heterocycles. The largest absolute Gasteiger partial charge is 0.573 e. The maximum atomic E-state index is 13.5. The van der Waals surface area contributed by atoms with Gasteiger partial charge in [-0.25, -0.2) is 4.79 Å². The molecular weight excluding hydrogens is 630 g/mol. The number of likely N-dealkylation sites (N-methyl/N-ethyl adjacent to an activating group) is 1. The van der Waals surface area contributed by atoms with Crippen molar-refractivity contribution in [2.45, 2.75) is 31.5 Å². The highest BCUT2D eigenvalue weighted by molar-refractivity contribution is 6.17. The summed E-state index contributed by atoms with van der Waals surface area (Å²) in [6.45, 7) is 3.97. The fourth-order valence-corrected chi connectivity index (χ4v) is 5.79. The molecule has 1 saturated heterocycles. The average molecular weight is 659 g/mol. The van der Waals surface area contributed by atoms with Crippen LogP contribution in [-0.4, -0.2) is 89.5 Å². The van der Waals surface area contributed by atoms with Gasteiger partial charge in [0.2, 0.25) is 0 Å². The summed E-state index contributed by atoms with van der Waals surface area (Å²) in [6, 6.07) is 13.3. The second kappa shape index (κ2) is 12.9. The number of hydrogen-bond acceptors (Lipinski definition) is 6. The Morgan fingerprint density at radius 1 is 0.956 bits per heavy atom. The molecule has 1 unspecified atom stereocenters. The summed E-state index contributed by atoms with van der Waals surface area (Å²) >= 11 is 6.06. The highest BCUT2D eigenvalue weighted by Gasteiger charge is 2.45. The normalized spacial score (nSPS) is 18.2. The minimum absolute atomic E-state index is 0.0468. The predicted molar refractivity (Wildman–Crippen MR) is 152 cm³/mol. The molecule has 0 bridgehead atoms. The van der Waals surface area contributed by atoms with Crippen LogP contribution in [0.25, 0.3) is 22.4 Å². The molecule has 242 valence electrons. The van der Waals surface area contributed by atoms with E-state index in [1.54, 1.807) is 4.57 Å². The third-order valence-corrected chi connectivity index (χ3v) is 7.92. The molecule has 0 N–H and O–H groups in total. The van der Waals surface area contributed by atoms with Crippen molar-refractivity contribution in [3.8, 4) is 28.1 Å². The number of alkyl halides is 7. The standard InChI is InChI=1S/C30H29ClF6N4O4/c1-38-11-13-39(14-12-38)17-19-5-7-20(8-6-19)26-24(21-3-2-4-23(15-21)44-30(35,36)37)16-25-27(42)40(45-28(43)29(32,33)34)18-22(9-10-31)41(25)26/h2-8,15-16,22H,9-14,17-18H2,1H3. The van der Waals surface area contributed by atoms with Crippen LogP contribution < -0.4 is 4.74 Å². The zero-order chi connectivity index (χ0) is 32.5. The van der Waals surface area contributed by atoms with Gasteiger partial charge in [0, 0.05) is 44.2 Å². The molecule has 1 atom stereocenters. The highest BCUT2D eigenvalue weighted by atomic mass is 35.5. The van der Waals surface area contributed by atoms with Gasteiger partial charge in [0.15, 0.2) is 0 Å². The fraction of sp³-hybridized carbons (Fsp3) is 0.400. The quantitative estimate of drug-likeness (QED) is 0.215. The molecule has 8 nitrogen and oxygen atoms in total. The first-order valence-corrected chi connectivity index (χ1v) is 14.6. The molecule has 2 aliphatic rings. The van der Waals surface area contributed by atoms with Gasteiger partial charge >= 0.3 is 24.4 Å². The molecule has 45 heavy (non-hydrogen) atoms. The smallest absolute Gasteiger partial charge is 0.406 e. The maximum Gasteiger partial charge on any atom is 0.573 e. The Labute approximate surface area is 259 Å². The lowest BCUT2D eigenvalue weighted by atomic mass is 9.99. The minimum atomic E-state index is -5.34. The summed E-state index contributed by atoms with van der Waals surface area (Å²) in [6.07, 6.45) is -10.1. The molecule has 0 spiro atoms. The third kappa shape index (κ3) is 7.56. The molecule has 0 saturated carbocycles. The number of aromatic nitrogens is 1. The molecule has 3 aromatic rings. The lowest BCUT2D eigenvalue weighted by Gasteiger charge is -2.34. The SMILES string of the molecule is CN1CCN(Cc2ccc(-c3c(-c4cccc(OC(F)(F)F)c4)cc4n3C(CCCl)CN(OC(=O)C(F)(F)F)C4=O)cc2)CC1. The Morgan fingerprint density at radius 3 is 2.27 bits per heavy atom. The van der Waals surface area contributed by atoms with E-state index in [2.05, 4.69) is 26.4 Å². The maximum absolute atomic E-state index is 13.5. The zero-order valence-electron chi connectivity index (χ0n) is 24.0. The molecule has 1 fully saturated rings. The second-order valence-corrected chi connectivity index (χ2v) is 11.3. The van der Waals surface area contributed by atoms with Crippen LogP contribution in [0.3, 0.4) is 0 Å². The number of piperazine rings is 1. The van der Waals surface area contributed by atoms with E-state index >= 15 is 0 Å². The van der Waals surface area contributed by atoms with Gasteiger partial charge in [0.05, 0.1) is 18.3 Å². The fourth-order valence-electron chi connectivity index (χ4n) is 5.54. The van der Waals surface area contributed by atoms with Crippen molar-refractivity contribution in [3.05, 3.63) is 65.9 Å². The lowest BCUT2D eigenvalue weighted by molar-refractivity contribution is -0.274. The van der Waals surface area contributed by atoms with Crippen LogP contribution in [-0.2, 0) is 16.2 Å². The summed E-state index contributed by atoms with van der Waals surface area (Å²) in [5.41, 5.74) is 2.52. The van der Waals surface area contributed by atoms with Gasteiger partial charge in [-0.1, -0.05) is 36.4 Å². The van der Waals surface area contributed by atoms with E-state index in [-0.39, 0.29) is 23.6 Å². The molecule has 3 heterocycles. The van der Waals surface area contributed by atoms with Gasteiger partial charge < -0.3 is 19.0 Å². The minimum Gasteiger partial charge on any atom is -0.406 e. The third-order valence-electron chi connectivity index (χ3n) is 7.70. The summed E-state index contributed by atoms with van der Waals surface area (Å²) in [5.74, 6) is -4.04. The van der Waals surface area contributed by atoms with Gasteiger partial charge in [0.1, 0.15) is 11.4 Å². The summed E-state index contributed by atoms with van der Waals surface area (Å²) in [5, 5.41) is 0.346. The van der Waals surface area contributed by atoms with E-state index in [4.69, 9.17) is 11.6 Å². The number of carbonyl (C=O) groups excluding carboxylic acids is 2. The number of rotatable bonds is 8. The Kier molecular flexibility index (Phi) is 9.38. The van der Waals surface area contributed by atoms with Crippen LogP contribution >= 0.6 is 11.6 Å². The van der Waals surface area contributed by atoms with E-state index in [1.807, 2.05) is 24.3 Å². The number of ether oxygens (including phenoxy) is 1. The van der Waals surface area contributed by atoms with E-state index in [1.165, 1.54) is 18.2 Å². The van der Waals surface area contributed by atoms with Gasteiger partial charge in [-0.15, -0.1) is 24.8 Å². The van der Waals surface area contributed by atoms with Crippen molar-refractivity contribution in [2.75, 3.05) is 45.7 Å². The summed E-state index contributed by atoms with van der Waals surface area (Å²) < 4.78 is 83.8. The predicted octanol–water partition coefficient (Wildman–Crippen LogP) is 6.11. The first-order valence-electron chi connectivity index (χ1n) is 14.0. The topological polar surface area (TPSA) is 67.2 Å². The van der Waals surface area contributed by atoms with Crippen molar-refractivity contribution in [1.29, 1.82) is 0 Å². The first-order chi connectivity index (χ1) is 21.2. The van der Waals surface area contributed by atoms with Crippen molar-refractivity contribution in [2.24, 2.45) is 0 Å². The Balaban J connectivity index is 1.59. The van der Waals surface area contributed by atoms with E-state index in [9.17, 15) is 35.9 Å². The van der Waals surface area contributed by atoms with E-state index in [0.29, 0.717) is 28.4 Å². The number of halogens is 7. The Hall–Kier alpha value is -3.75. The number of hydroxylamine groups is 2. The lowest BCUT2D eigenvalue weighted by Crippen LogP contribution is -2.46. The van der Waals surface area contributed by atoms with Crippen molar-refractivity contribution in [1.82, 2.24) is 19.4 Å². The monoisotopic (exact) mass is 658 g/mol. The van der Waals surface area contributed by atoms with Crippen LogP contribution in [0.5, 0.6) is 5.75 Å². The van der Waals surface area contributed by atoms with Crippen molar-refractivity contribution >= 4 is 23.5 Å². The van der Waals surface area contributed by atoms with Crippen LogP contribution in [0.2, 0.25) is 0 Å². The summed E-state index contributed by atoms with van der Waals surface area (Å²) in [4.78, 5) is 34.1. The molecule has 1 amide bonds. The molecule has 0 aliphatic carbocycles. The molecule has 5 rings (SSSR count). The second-order valence-electron chi connectivity index (χ2n) is 10.9. The Bertz CT molecular complexity index is 1530. The molecule has 2 aromatic carbocycles. The van der Waals surface area contributed by atoms with Crippen LogP contribution in [0, 0.1) is 0 Å². The van der Waals surface area contributed by atoms with Gasteiger partial charge in [0.25, 0.3) is 0 Å². The first kappa shape index (κ1) is 32.6. The van der Waals surface area contributed by atoms with E-state index < -0.39 is 42.8 Å². The number of benzene rings is 2. The van der Waals surface area contributed by atoms with Gasteiger partial charge in [-0.3, -0.25) is 9.69 Å². The number of carbonyl (C=O) groups is 2. The molecule has 0 radical (unpaired) electrons. The number of fused-ring (bicyclic) bond motifs is 1. The average Bonchev–Trinajstić information content (AvgIpc) is 3.37. The van der Waals surface area contributed by atoms with Gasteiger partial charge in [-0.05, 0) is 48.4 Å². The summed E-state index contributed by atoms with van der Waals surface area (Å²) in [7, 11) is 2.06. The van der Waals surface area contributed by atoms with Crippen LogP contribution in [0.15, 0.2) is 54.6 Å². The molecule has 1 aromatic heterocycles.